The van der Waals surface area contributed by atoms with Gasteiger partial charge in [-0.25, -0.2) is 0 Å². The van der Waals surface area contributed by atoms with Gasteiger partial charge in [-0.15, -0.1) is 0 Å². The number of pyridine rings is 3. The summed E-state index contributed by atoms with van der Waals surface area (Å²) in [4.78, 5) is 19.6. The zero-order valence-electron chi connectivity index (χ0n) is 39.6. The predicted octanol–water partition coefficient (Wildman–Crippen LogP) is 14.2. The van der Waals surface area contributed by atoms with Crippen molar-refractivity contribution in [1.29, 1.82) is 0 Å². The van der Waals surface area contributed by atoms with Gasteiger partial charge in [-0.1, -0.05) is 82.6 Å². The molecule has 3 fully saturated rings. The fourth-order valence-corrected chi connectivity index (χ4v) is 16.2. The molecule has 1 unspecified atom stereocenters. The van der Waals surface area contributed by atoms with Crippen molar-refractivity contribution in [1.82, 2.24) is 40.7 Å². The molecule has 3 atom stereocenters. The van der Waals surface area contributed by atoms with Gasteiger partial charge in [0.2, 0.25) is 0 Å². The van der Waals surface area contributed by atoms with Crippen molar-refractivity contribution < 1.29 is 0 Å². The van der Waals surface area contributed by atoms with Gasteiger partial charge in [0.1, 0.15) is 0 Å². The number of piperazine rings is 2. The molecule has 3 aromatic carbocycles. The first-order valence-corrected chi connectivity index (χ1v) is 30.8. The Morgan fingerprint density at radius 1 is 0.403 bits per heavy atom. The molecule has 0 bridgehead atoms. The van der Waals surface area contributed by atoms with E-state index in [1.54, 1.807) is 0 Å². The highest BCUT2D eigenvalue weighted by Crippen LogP contribution is 2.47. The summed E-state index contributed by atoms with van der Waals surface area (Å²) in [5.74, 6) is 0.965. The van der Waals surface area contributed by atoms with Crippen molar-refractivity contribution in [2.45, 2.75) is 69.4 Å². The second-order valence-electron chi connectivity index (χ2n) is 19.4. The first kappa shape index (κ1) is 54.0. The van der Waals surface area contributed by atoms with Crippen molar-refractivity contribution in [2.75, 3.05) is 65.4 Å². The van der Waals surface area contributed by atoms with E-state index in [0.29, 0.717) is 11.8 Å². The Balaban J connectivity index is 0.000000124. The van der Waals surface area contributed by atoms with Crippen LogP contribution in [0.5, 0.6) is 0 Å². The summed E-state index contributed by atoms with van der Waals surface area (Å²) in [5.41, 5.74) is 15.7. The molecule has 3 N–H and O–H groups in total. The molecule has 8 nitrogen and oxygen atoms in total. The number of halogens is 9. The molecule has 3 aliphatic carbocycles. The van der Waals surface area contributed by atoms with Crippen molar-refractivity contribution in [3.05, 3.63) is 182 Å². The lowest BCUT2D eigenvalue weighted by atomic mass is 9.77. The molecular weight excluding hydrogens is 1360 g/mol. The van der Waals surface area contributed by atoms with Crippen molar-refractivity contribution in [3.63, 3.8) is 0 Å². The highest BCUT2D eigenvalue weighted by atomic mass is 79.9. The average molecular weight is 1410 g/mol. The van der Waals surface area contributed by atoms with Gasteiger partial charge < -0.3 is 16.0 Å². The molecule has 12 rings (SSSR count). The highest BCUT2D eigenvalue weighted by molar-refractivity contribution is 9.11. The third-order valence-corrected chi connectivity index (χ3v) is 18.9. The summed E-state index contributed by atoms with van der Waals surface area (Å²) in [6.45, 7) is 10.3. The van der Waals surface area contributed by atoms with Crippen LogP contribution in [-0.2, 0) is 38.5 Å². The number of piperidine rings is 1. The smallest absolute Gasteiger partial charge is 0.0793 e. The average Bonchev–Trinajstić information content (AvgIpc) is 3.72. The topological polar surface area (TPSA) is 81.2 Å². The van der Waals surface area contributed by atoms with E-state index in [9.17, 15) is 0 Å². The van der Waals surface area contributed by atoms with Crippen LogP contribution < -0.4 is 16.0 Å². The zero-order valence-corrected chi connectivity index (χ0v) is 51.4. The van der Waals surface area contributed by atoms with Gasteiger partial charge in [0, 0.05) is 119 Å². The summed E-state index contributed by atoms with van der Waals surface area (Å²) in [5, 5.41) is 12.8. The first-order chi connectivity index (χ1) is 34.9. The maximum absolute atomic E-state index is 6.34. The number of nitrogens with zero attached hydrogens (tertiary/aromatic N) is 5. The fourth-order valence-electron chi connectivity index (χ4n) is 11.8. The van der Waals surface area contributed by atoms with Crippen LogP contribution in [0.1, 0.15) is 98.0 Å². The van der Waals surface area contributed by atoms with Crippen LogP contribution in [-0.4, -0.2) is 90.2 Å². The number of aryl methyl sites for hydroxylation is 6. The van der Waals surface area contributed by atoms with Crippen molar-refractivity contribution >= 4 is 130 Å². The monoisotopic (exact) mass is 1410 g/mol. The van der Waals surface area contributed by atoms with E-state index < -0.39 is 0 Å². The molecule has 3 saturated heterocycles. The largest absolute Gasteiger partial charge is 0.317 e. The number of nitrogens with one attached hydrogen (secondary N) is 3. The van der Waals surface area contributed by atoms with Crippen molar-refractivity contribution in [2.24, 2.45) is 5.92 Å². The van der Waals surface area contributed by atoms with E-state index in [2.05, 4.69) is 158 Å². The summed E-state index contributed by atoms with van der Waals surface area (Å²) in [7, 11) is 0. The Hall–Kier alpha value is -1.34. The molecule has 3 aliphatic heterocycles. The molecule has 3 aromatic heterocycles. The van der Waals surface area contributed by atoms with Gasteiger partial charge in [-0.3, -0.25) is 24.8 Å². The highest BCUT2D eigenvalue weighted by Gasteiger charge is 2.36. The number of fused-ring (bicyclic) bond motifs is 6. The lowest BCUT2D eigenvalue weighted by Gasteiger charge is -2.36. The van der Waals surface area contributed by atoms with Crippen LogP contribution in [0.3, 0.4) is 0 Å². The first-order valence-electron chi connectivity index (χ1n) is 24.9. The molecule has 0 saturated carbocycles. The third-order valence-electron chi connectivity index (χ3n) is 15.0. The lowest BCUT2D eigenvalue weighted by Crippen LogP contribution is -2.45. The van der Waals surface area contributed by atoms with Gasteiger partial charge in [-0.05, 0) is 223 Å². The van der Waals surface area contributed by atoms with Gasteiger partial charge >= 0.3 is 0 Å². The minimum atomic E-state index is 0.180. The molecule has 0 amide bonds. The molecule has 6 aliphatic rings. The number of hydrogen-bond acceptors (Lipinski definition) is 8. The minimum absolute atomic E-state index is 0.180. The maximum atomic E-state index is 6.34. The quantitative estimate of drug-likeness (QED) is 0.162. The van der Waals surface area contributed by atoms with E-state index in [-0.39, 0.29) is 12.1 Å². The second kappa shape index (κ2) is 24.5. The van der Waals surface area contributed by atoms with E-state index in [1.807, 2.05) is 36.8 Å². The summed E-state index contributed by atoms with van der Waals surface area (Å²) >= 11 is 41.1. The Labute approximate surface area is 489 Å². The molecular formula is C55H55Br6Cl3N8. The zero-order chi connectivity index (χ0) is 50.0. The second-order valence-corrected chi connectivity index (χ2v) is 26.0. The van der Waals surface area contributed by atoms with Crippen LogP contribution in [0.15, 0.2) is 100 Å². The molecule has 0 radical (unpaired) electrons. The van der Waals surface area contributed by atoms with Gasteiger partial charge in [0.05, 0.1) is 29.2 Å². The Morgan fingerprint density at radius 2 is 0.736 bits per heavy atom. The normalized spacial score (nSPS) is 21.0. The van der Waals surface area contributed by atoms with E-state index in [1.165, 1.54) is 80.0 Å². The molecule has 6 aromatic rings. The Morgan fingerprint density at radius 3 is 1.15 bits per heavy atom. The van der Waals surface area contributed by atoms with E-state index >= 15 is 0 Å². The number of hydrogen-bond donors (Lipinski definition) is 3. The van der Waals surface area contributed by atoms with Crippen LogP contribution >= 0.6 is 130 Å². The van der Waals surface area contributed by atoms with Crippen LogP contribution in [0.4, 0.5) is 0 Å². The van der Waals surface area contributed by atoms with Crippen LogP contribution in [0.25, 0.3) is 0 Å². The maximum Gasteiger partial charge on any atom is 0.0793 e. The van der Waals surface area contributed by atoms with Gasteiger partial charge in [0.15, 0.2) is 0 Å². The Bertz CT molecular complexity index is 2630. The fraction of sp³-hybridized carbons (Fsp3) is 0.400. The standard InChI is InChI=1S/C19H19Br2ClN2.2C18H18Br2ClN3/c20-14-7-13-2-1-12-8-15(22)9-16(21)17(12)18(19(13)24-10-14)11-3-5-23-6-4-11;2*19-13-7-12-2-1-11-8-14(21)9-15(20)16(11)18(17(12)23-10-13)24-5-3-22-4-6-24/h7-11,18,23H,1-6H2;2*7-10,18,22H,1-6H2/t;2*18-/m.10/s1. The van der Waals surface area contributed by atoms with Crippen LogP contribution in [0, 0.1) is 5.92 Å². The summed E-state index contributed by atoms with van der Waals surface area (Å²) in [6, 6.07) is 19.5. The number of rotatable bonds is 3. The summed E-state index contributed by atoms with van der Waals surface area (Å²) < 4.78 is 6.46. The predicted molar refractivity (Wildman–Crippen MR) is 315 cm³/mol. The minimum Gasteiger partial charge on any atom is -0.317 e. The van der Waals surface area contributed by atoms with Crippen molar-refractivity contribution in [3.8, 4) is 0 Å². The molecule has 6 heterocycles. The van der Waals surface area contributed by atoms with Crippen LogP contribution in [0.2, 0.25) is 15.1 Å². The Kier molecular flexibility index (Phi) is 18.4. The molecule has 72 heavy (non-hydrogen) atoms. The molecule has 17 heteroatoms. The summed E-state index contributed by atoms with van der Waals surface area (Å²) in [6.07, 6.45) is 14.2. The lowest BCUT2D eigenvalue weighted by molar-refractivity contribution is 0.194. The SMILES string of the molecule is Clc1cc(Br)c2c(c1)CCc1cc(Br)cnc1C2C1CCNCC1.Clc1cc(Br)c2c(c1)CCc1cc(Br)cnc1[C@@H]2N1CCNCC1.Clc1cc(Br)c2c(c1)CCc1cc(Br)cnc1[C@H]2N1CCNCC1. The van der Waals surface area contributed by atoms with Gasteiger partial charge in [-0.2, -0.15) is 0 Å². The van der Waals surface area contributed by atoms with E-state index in [4.69, 9.17) is 49.8 Å². The third kappa shape index (κ3) is 12.2. The number of benzene rings is 3. The van der Waals surface area contributed by atoms with Gasteiger partial charge in [0.25, 0.3) is 0 Å². The number of aromatic nitrogens is 3. The molecule has 0 spiro atoms. The van der Waals surface area contributed by atoms with E-state index in [0.717, 1.165) is 146 Å². The molecule has 378 valence electrons.